The first kappa shape index (κ1) is 19.1. The zero-order chi connectivity index (χ0) is 19.9. The van der Waals surface area contributed by atoms with Crippen molar-refractivity contribution in [3.8, 4) is 11.8 Å². The number of cyclic esters (lactones) is 1. The minimum Gasteiger partial charge on any atom is -0.439 e. The van der Waals surface area contributed by atoms with Crippen LogP contribution in [0.1, 0.15) is 24.2 Å². The van der Waals surface area contributed by atoms with Crippen molar-refractivity contribution >= 4 is 11.8 Å². The number of ether oxygens (including phenoxy) is 1. The molecule has 2 aromatic rings. The normalized spacial score (nSPS) is 18.9. The molecule has 1 aromatic heterocycles. The molecule has 1 fully saturated rings. The van der Waals surface area contributed by atoms with Gasteiger partial charge in [0.2, 0.25) is 0 Å². The lowest BCUT2D eigenvalue weighted by atomic mass is 9.98. The highest BCUT2D eigenvalue weighted by molar-refractivity contribution is 5.99. The van der Waals surface area contributed by atoms with Gasteiger partial charge in [0.05, 0.1) is 11.8 Å². The average molecular weight is 375 g/mol. The molecule has 1 aromatic carbocycles. The third kappa shape index (κ3) is 4.92. The van der Waals surface area contributed by atoms with Crippen LogP contribution in [0, 0.1) is 17.7 Å². The van der Waals surface area contributed by atoms with E-state index in [2.05, 4.69) is 33.7 Å². The van der Waals surface area contributed by atoms with Gasteiger partial charge in [0.15, 0.2) is 6.10 Å². The van der Waals surface area contributed by atoms with E-state index in [1.165, 1.54) is 12.1 Å². The first-order valence-electron chi connectivity index (χ1n) is 8.57. The maximum atomic E-state index is 13.1. The van der Waals surface area contributed by atoms with Crippen molar-refractivity contribution in [2.24, 2.45) is 4.99 Å². The summed E-state index contributed by atoms with van der Waals surface area (Å²) in [6.45, 7) is 5.75. The highest BCUT2D eigenvalue weighted by Crippen LogP contribution is 2.29. The number of alkyl carbamates (subject to hydrolysis) is 1. The fourth-order valence-electron chi connectivity index (χ4n) is 2.62. The molecule has 28 heavy (non-hydrogen) atoms. The maximum absolute atomic E-state index is 13.1. The Bertz CT molecular complexity index is 1000. The Balaban J connectivity index is 1.67. The Morgan fingerprint density at radius 2 is 2.25 bits per heavy atom. The van der Waals surface area contributed by atoms with Gasteiger partial charge >= 0.3 is 6.09 Å². The zero-order valence-corrected chi connectivity index (χ0v) is 15.2. The molecular weight excluding hydrogens is 357 g/mol. The van der Waals surface area contributed by atoms with Crippen molar-refractivity contribution in [1.82, 2.24) is 10.3 Å². The Morgan fingerprint density at radius 1 is 1.39 bits per heavy atom. The minimum atomic E-state index is -0.506. The molecule has 0 unspecified atom stereocenters. The van der Waals surface area contributed by atoms with E-state index in [0.29, 0.717) is 16.8 Å². The van der Waals surface area contributed by atoms with Gasteiger partial charge < -0.3 is 10.1 Å². The lowest BCUT2D eigenvalue weighted by Crippen LogP contribution is -2.28. The smallest absolute Gasteiger partial charge is 0.408 e. The van der Waals surface area contributed by atoms with Crippen molar-refractivity contribution in [2.75, 3.05) is 0 Å². The standard InChI is InChI=1S/C22H18FN3O2/c1-15(20-21(28-22(27)26-20)18-6-4-11-24-14-18)10-12-25-16(2)8-9-17-5-3-7-19(23)13-17/h3-7,10-14,20-21H,1H2,2H3,(H,26,27)/b12-10-,25-16?/t20-,21-/m1/s1. The van der Waals surface area contributed by atoms with Crippen molar-refractivity contribution in [3.63, 3.8) is 0 Å². The number of aromatic nitrogens is 1. The van der Waals surface area contributed by atoms with E-state index < -0.39 is 18.2 Å². The highest BCUT2D eigenvalue weighted by atomic mass is 19.1. The van der Waals surface area contributed by atoms with Crippen LogP contribution in [0.2, 0.25) is 0 Å². The molecule has 1 saturated heterocycles. The van der Waals surface area contributed by atoms with Crippen molar-refractivity contribution in [3.05, 3.63) is 90.2 Å². The molecule has 1 aliphatic heterocycles. The quantitative estimate of drug-likeness (QED) is 0.500. The molecule has 6 heteroatoms. The summed E-state index contributed by atoms with van der Waals surface area (Å²) in [5.74, 6) is 5.38. The van der Waals surface area contributed by atoms with Crippen LogP contribution in [0.15, 0.2) is 78.2 Å². The van der Waals surface area contributed by atoms with Gasteiger partial charge in [0, 0.05) is 29.7 Å². The monoisotopic (exact) mass is 375 g/mol. The summed E-state index contributed by atoms with van der Waals surface area (Å²) < 4.78 is 18.5. The molecule has 0 radical (unpaired) electrons. The number of halogens is 1. The predicted octanol–water partition coefficient (Wildman–Crippen LogP) is 3.95. The number of aliphatic imine (C=N–C) groups is 1. The van der Waals surface area contributed by atoms with E-state index in [1.807, 2.05) is 6.07 Å². The lowest BCUT2D eigenvalue weighted by Gasteiger charge is -2.16. The predicted molar refractivity (Wildman–Crippen MR) is 105 cm³/mol. The number of hydrogen-bond acceptors (Lipinski definition) is 4. The number of nitrogens with zero attached hydrogens (tertiary/aromatic N) is 2. The Hall–Kier alpha value is -3.72. The van der Waals surface area contributed by atoms with Gasteiger partial charge in [-0.2, -0.15) is 0 Å². The number of carbonyl (C=O) groups is 1. The van der Waals surface area contributed by atoms with Gasteiger partial charge in [-0.3, -0.25) is 9.98 Å². The first-order valence-corrected chi connectivity index (χ1v) is 8.57. The van der Waals surface area contributed by atoms with Gasteiger partial charge in [-0.25, -0.2) is 9.18 Å². The van der Waals surface area contributed by atoms with E-state index in [9.17, 15) is 9.18 Å². The number of hydrogen-bond donors (Lipinski definition) is 1. The summed E-state index contributed by atoms with van der Waals surface area (Å²) >= 11 is 0. The van der Waals surface area contributed by atoms with Crippen LogP contribution in [-0.4, -0.2) is 22.8 Å². The summed E-state index contributed by atoms with van der Waals surface area (Å²) in [5.41, 5.74) is 2.55. The summed E-state index contributed by atoms with van der Waals surface area (Å²) in [4.78, 5) is 20.0. The number of rotatable bonds is 4. The fourth-order valence-corrected chi connectivity index (χ4v) is 2.62. The second-order valence-electron chi connectivity index (χ2n) is 6.10. The van der Waals surface area contributed by atoms with E-state index in [0.717, 1.165) is 5.56 Å². The number of nitrogens with one attached hydrogen (secondary N) is 1. The van der Waals surface area contributed by atoms with Crippen molar-refractivity contribution < 1.29 is 13.9 Å². The lowest BCUT2D eigenvalue weighted by molar-refractivity contribution is 0.135. The molecule has 2 heterocycles. The van der Waals surface area contributed by atoms with Gasteiger partial charge in [-0.15, -0.1) is 0 Å². The number of pyridine rings is 1. The van der Waals surface area contributed by atoms with Crippen LogP contribution in [0.3, 0.4) is 0 Å². The molecule has 0 saturated carbocycles. The van der Waals surface area contributed by atoms with Crippen LogP contribution >= 0.6 is 0 Å². The van der Waals surface area contributed by atoms with Crippen LogP contribution < -0.4 is 5.32 Å². The molecule has 140 valence electrons. The number of benzene rings is 1. The van der Waals surface area contributed by atoms with Crippen LogP contribution in [0.25, 0.3) is 0 Å². The van der Waals surface area contributed by atoms with Crippen LogP contribution in [0.4, 0.5) is 9.18 Å². The van der Waals surface area contributed by atoms with Gasteiger partial charge in [0.1, 0.15) is 5.82 Å². The van der Waals surface area contributed by atoms with Crippen molar-refractivity contribution in [2.45, 2.75) is 19.1 Å². The molecule has 1 N–H and O–H groups in total. The van der Waals surface area contributed by atoms with Crippen LogP contribution in [-0.2, 0) is 4.74 Å². The Labute approximate surface area is 162 Å². The second kappa shape index (κ2) is 8.78. The van der Waals surface area contributed by atoms with Crippen LogP contribution in [0.5, 0.6) is 0 Å². The molecular formula is C22H18FN3O2. The maximum Gasteiger partial charge on any atom is 0.408 e. The van der Waals surface area contributed by atoms with Gasteiger partial charge in [-0.05, 0) is 48.8 Å². The van der Waals surface area contributed by atoms with Gasteiger partial charge in [0.25, 0.3) is 0 Å². The third-order valence-corrected chi connectivity index (χ3v) is 3.99. The first-order chi connectivity index (χ1) is 13.5. The number of amides is 1. The molecule has 3 rings (SSSR count). The largest absolute Gasteiger partial charge is 0.439 e. The third-order valence-electron chi connectivity index (χ3n) is 3.99. The summed E-state index contributed by atoms with van der Waals surface area (Å²) in [6.07, 6.45) is 5.54. The molecule has 0 bridgehead atoms. The fraction of sp³-hybridized carbons (Fsp3) is 0.136. The number of carbonyl (C=O) groups excluding carboxylic acids is 1. The van der Waals surface area contributed by atoms with E-state index in [-0.39, 0.29) is 5.82 Å². The van der Waals surface area contributed by atoms with E-state index in [4.69, 9.17) is 4.74 Å². The van der Waals surface area contributed by atoms with E-state index in [1.54, 1.807) is 49.8 Å². The summed E-state index contributed by atoms with van der Waals surface area (Å²) in [7, 11) is 0. The minimum absolute atomic E-state index is 0.332. The molecule has 0 spiro atoms. The summed E-state index contributed by atoms with van der Waals surface area (Å²) in [6, 6.07) is 9.26. The zero-order valence-electron chi connectivity index (χ0n) is 15.2. The SMILES string of the molecule is C=C(/C=C\N=C(C)C#Cc1cccc(F)c1)[C@H]1NC(=O)O[C@@H]1c1cccnc1. The topological polar surface area (TPSA) is 63.6 Å². The highest BCUT2D eigenvalue weighted by Gasteiger charge is 2.36. The Morgan fingerprint density at radius 3 is 3.00 bits per heavy atom. The van der Waals surface area contributed by atoms with Crippen molar-refractivity contribution in [1.29, 1.82) is 0 Å². The molecule has 1 aliphatic rings. The molecule has 1 amide bonds. The second-order valence-corrected chi connectivity index (χ2v) is 6.10. The molecule has 2 atom stereocenters. The molecule has 5 nitrogen and oxygen atoms in total. The van der Waals surface area contributed by atoms with E-state index >= 15 is 0 Å². The molecule has 0 aliphatic carbocycles. The van der Waals surface area contributed by atoms with Gasteiger partial charge in [-0.1, -0.05) is 24.6 Å². The average Bonchev–Trinajstić information content (AvgIpc) is 3.09. The Kier molecular flexibility index (Phi) is 5.97. The summed E-state index contributed by atoms with van der Waals surface area (Å²) in [5, 5.41) is 2.74.